The first-order chi connectivity index (χ1) is 16.0. The summed E-state index contributed by atoms with van der Waals surface area (Å²) in [5, 5.41) is 7.21. The molecule has 0 spiro atoms. The lowest BCUT2D eigenvalue weighted by atomic mass is 10.1. The summed E-state index contributed by atoms with van der Waals surface area (Å²) in [5.74, 6) is 0.941. The van der Waals surface area contributed by atoms with Crippen LogP contribution in [0.5, 0.6) is 11.5 Å². The summed E-state index contributed by atoms with van der Waals surface area (Å²) in [4.78, 5) is 27.6. The summed E-state index contributed by atoms with van der Waals surface area (Å²) in [6.07, 6.45) is 4.51. The van der Waals surface area contributed by atoms with Gasteiger partial charge in [-0.2, -0.15) is 5.10 Å². The van der Waals surface area contributed by atoms with Crippen molar-refractivity contribution in [3.05, 3.63) is 71.9 Å². The fourth-order valence-electron chi connectivity index (χ4n) is 3.35. The van der Waals surface area contributed by atoms with Crippen LogP contribution in [0.2, 0.25) is 0 Å². The van der Waals surface area contributed by atoms with Crippen LogP contribution in [0.1, 0.15) is 29.8 Å². The summed E-state index contributed by atoms with van der Waals surface area (Å²) in [5.41, 5.74) is 1.77. The SMILES string of the molecule is CCN(CC)C(=O)c1cnn(-c2ccccc2)c1NC(=O)/C=C/c1ccc(OC)cc1OC. The topological polar surface area (TPSA) is 85.7 Å². The molecule has 0 aliphatic carbocycles. The van der Waals surface area contributed by atoms with E-state index in [2.05, 4.69) is 10.4 Å². The molecule has 0 aliphatic rings. The maximum absolute atomic E-state index is 13.1. The van der Waals surface area contributed by atoms with Gasteiger partial charge in [0.05, 0.1) is 26.1 Å². The van der Waals surface area contributed by atoms with Crippen molar-refractivity contribution in [1.29, 1.82) is 0 Å². The molecule has 0 unspecified atom stereocenters. The summed E-state index contributed by atoms with van der Waals surface area (Å²) in [6, 6.07) is 14.6. The van der Waals surface area contributed by atoms with Crippen LogP contribution in [0, 0.1) is 0 Å². The van der Waals surface area contributed by atoms with Crippen LogP contribution in [0.4, 0.5) is 5.82 Å². The lowest BCUT2D eigenvalue weighted by Crippen LogP contribution is -2.31. The summed E-state index contributed by atoms with van der Waals surface area (Å²) >= 11 is 0. The maximum Gasteiger partial charge on any atom is 0.259 e. The average Bonchev–Trinajstić information content (AvgIpc) is 3.27. The Bertz CT molecular complexity index is 1130. The number of hydrogen-bond acceptors (Lipinski definition) is 5. The lowest BCUT2D eigenvalue weighted by molar-refractivity contribution is -0.111. The largest absolute Gasteiger partial charge is 0.497 e. The molecule has 0 atom stereocenters. The molecule has 0 saturated heterocycles. The number of para-hydroxylation sites is 1. The zero-order valence-corrected chi connectivity index (χ0v) is 19.2. The van der Waals surface area contributed by atoms with Gasteiger partial charge in [0, 0.05) is 30.8 Å². The third-order valence-corrected chi connectivity index (χ3v) is 5.15. The molecule has 0 saturated carbocycles. The highest BCUT2D eigenvalue weighted by atomic mass is 16.5. The second-order valence-electron chi connectivity index (χ2n) is 7.06. The zero-order chi connectivity index (χ0) is 23.8. The van der Waals surface area contributed by atoms with E-state index in [0.29, 0.717) is 41.5 Å². The molecule has 1 aromatic heterocycles. The third-order valence-electron chi connectivity index (χ3n) is 5.15. The first-order valence-electron chi connectivity index (χ1n) is 10.7. The van der Waals surface area contributed by atoms with Gasteiger partial charge in [0.15, 0.2) is 0 Å². The Morgan fingerprint density at radius 2 is 1.79 bits per heavy atom. The van der Waals surface area contributed by atoms with Crippen molar-refractivity contribution in [3.63, 3.8) is 0 Å². The molecule has 0 bridgehead atoms. The number of benzene rings is 2. The number of aromatic nitrogens is 2. The number of methoxy groups -OCH3 is 2. The number of carbonyl (C=O) groups is 2. The van der Waals surface area contributed by atoms with E-state index in [1.807, 2.05) is 44.2 Å². The van der Waals surface area contributed by atoms with Crippen molar-refractivity contribution in [2.24, 2.45) is 0 Å². The van der Waals surface area contributed by atoms with E-state index >= 15 is 0 Å². The Kier molecular flexibility index (Phi) is 7.86. The molecule has 1 N–H and O–H groups in total. The quantitative estimate of drug-likeness (QED) is 0.500. The summed E-state index contributed by atoms with van der Waals surface area (Å²) in [6.45, 7) is 4.92. The Hall–Kier alpha value is -4.07. The molecule has 0 radical (unpaired) electrons. The minimum atomic E-state index is -0.404. The Morgan fingerprint density at radius 1 is 1.06 bits per heavy atom. The van der Waals surface area contributed by atoms with Crippen LogP contribution in [-0.2, 0) is 4.79 Å². The van der Waals surface area contributed by atoms with E-state index in [1.165, 1.54) is 12.3 Å². The first-order valence-corrected chi connectivity index (χ1v) is 10.7. The number of anilines is 1. The zero-order valence-electron chi connectivity index (χ0n) is 19.2. The standard InChI is InChI=1S/C25H28N4O4/c1-5-28(6-2)25(31)21-17-26-29(19-10-8-7-9-11-19)24(21)27-23(30)15-13-18-12-14-20(32-3)16-22(18)33-4/h7-17H,5-6H2,1-4H3,(H,27,30)/b15-13+. The van der Waals surface area contributed by atoms with Crippen molar-refractivity contribution < 1.29 is 19.1 Å². The predicted octanol–water partition coefficient (Wildman–Crippen LogP) is 4.02. The van der Waals surface area contributed by atoms with E-state index in [4.69, 9.17) is 9.47 Å². The predicted molar refractivity (Wildman–Crippen MR) is 128 cm³/mol. The van der Waals surface area contributed by atoms with Crippen LogP contribution in [0.3, 0.4) is 0 Å². The molecule has 3 rings (SSSR count). The Morgan fingerprint density at radius 3 is 2.42 bits per heavy atom. The molecule has 8 nitrogen and oxygen atoms in total. The van der Waals surface area contributed by atoms with Crippen molar-refractivity contribution in [1.82, 2.24) is 14.7 Å². The molecule has 2 amide bonds. The van der Waals surface area contributed by atoms with Crippen LogP contribution in [-0.4, -0.2) is 53.8 Å². The molecule has 33 heavy (non-hydrogen) atoms. The highest BCUT2D eigenvalue weighted by molar-refractivity contribution is 6.07. The molecular weight excluding hydrogens is 420 g/mol. The van der Waals surface area contributed by atoms with Crippen molar-refractivity contribution >= 4 is 23.7 Å². The fourth-order valence-corrected chi connectivity index (χ4v) is 3.35. The molecule has 172 valence electrons. The van der Waals surface area contributed by atoms with Crippen LogP contribution < -0.4 is 14.8 Å². The molecule has 0 fully saturated rings. The summed E-state index contributed by atoms with van der Waals surface area (Å²) in [7, 11) is 3.13. The molecule has 8 heteroatoms. The highest BCUT2D eigenvalue weighted by Gasteiger charge is 2.23. The molecule has 0 aliphatic heterocycles. The number of amides is 2. The number of carbonyl (C=O) groups excluding carboxylic acids is 2. The van der Waals surface area contributed by atoms with E-state index in [9.17, 15) is 9.59 Å². The molecule has 1 heterocycles. The van der Waals surface area contributed by atoms with E-state index in [1.54, 1.807) is 48.1 Å². The van der Waals surface area contributed by atoms with Crippen molar-refractivity contribution in [3.8, 4) is 17.2 Å². The second kappa shape index (κ2) is 11.0. The maximum atomic E-state index is 13.1. The van der Waals surface area contributed by atoms with Gasteiger partial charge in [0.25, 0.3) is 5.91 Å². The molecular formula is C25H28N4O4. The minimum Gasteiger partial charge on any atom is -0.497 e. The van der Waals surface area contributed by atoms with Crippen molar-refractivity contribution in [2.45, 2.75) is 13.8 Å². The van der Waals surface area contributed by atoms with Gasteiger partial charge in [-0.25, -0.2) is 4.68 Å². The molecule has 2 aromatic carbocycles. The van der Waals surface area contributed by atoms with Gasteiger partial charge in [-0.3, -0.25) is 9.59 Å². The van der Waals surface area contributed by atoms with E-state index < -0.39 is 5.91 Å². The van der Waals surface area contributed by atoms with Gasteiger partial charge in [0.1, 0.15) is 22.9 Å². The second-order valence-corrected chi connectivity index (χ2v) is 7.06. The monoisotopic (exact) mass is 448 g/mol. The number of rotatable bonds is 9. The van der Waals surface area contributed by atoms with Crippen LogP contribution in [0.15, 0.2) is 60.8 Å². The highest BCUT2D eigenvalue weighted by Crippen LogP contribution is 2.26. The lowest BCUT2D eigenvalue weighted by Gasteiger charge is -2.19. The van der Waals surface area contributed by atoms with Gasteiger partial charge in [-0.1, -0.05) is 18.2 Å². The average molecular weight is 449 g/mol. The number of nitrogens with zero attached hydrogens (tertiary/aromatic N) is 3. The van der Waals surface area contributed by atoms with Crippen LogP contribution >= 0.6 is 0 Å². The first kappa shape index (κ1) is 23.6. The van der Waals surface area contributed by atoms with Gasteiger partial charge in [-0.15, -0.1) is 0 Å². The number of ether oxygens (including phenoxy) is 2. The smallest absolute Gasteiger partial charge is 0.259 e. The van der Waals surface area contributed by atoms with Gasteiger partial charge in [-0.05, 0) is 44.2 Å². The van der Waals surface area contributed by atoms with E-state index in [-0.39, 0.29) is 5.91 Å². The normalized spacial score (nSPS) is 10.8. The molecule has 3 aromatic rings. The Labute approximate surface area is 193 Å². The van der Waals surface area contributed by atoms with Gasteiger partial charge in [0.2, 0.25) is 5.91 Å². The number of nitrogens with one attached hydrogen (secondary N) is 1. The minimum absolute atomic E-state index is 0.196. The van der Waals surface area contributed by atoms with Crippen LogP contribution in [0.25, 0.3) is 11.8 Å². The summed E-state index contributed by atoms with van der Waals surface area (Å²) < 4.78 is 12.1. The Balaban J connectivity index is 1.93. The number of hydrogen-bond donors (Lipinski definition) is 1. The van der Waals surface area contributed by atoms with E-state index in [0.717, 1.165) is 5.69 Å². The van der Waals surface area contributed by atoms with Crippen molar-refractivity contribution in [2.75, 3.05) is 32.6 Å². The van der Waals surface area contributed by atoms with Gasteiger partial charge >= 0.3 is 0 Å². The third kappa shape index (κ3) is 5.41. The van der Waals surface area contributed by atoms with Gasteiger partial charge < -0.3 is 19.7 Å². The fraction of sp³-hybridized carbons (Fsp3) is 0.240.